The molecule has 0 spiro atoms. The molecule has 2 unspecified atom stereocenters. The number of halogens is 1. The number of nitrogens with one attached hydrogen (secondary N) is 1. The van der Waals surface area contributed by atoms with Crippen LogP contribution in [0.3, 0.4) is 0 Å². The van der Waals surface area contributed by atoms with E-state index < -0.39 is 0 Å². The van der Waals surface area contributed by atoms with Crippen molar-refractivity contribution >= 4 is 11.6 Å². The van der Waals surface area contributed by atoms with E-state index in [1.165, 1.54) is 37.8 Å². The summed E-state index contributed by atoms with van der Waals surface area (Å²) in [6, 6.07) is 9.74. The Morgan fingerprint density at radius 2 is 2.00 bits per heavy atom. The van der Waals surface area contributed by atoms with Gasteiger partial charge in [-0.15, -0.1) is 0 Å². The van der Waals surface area contributed by atoms with Crippen LogP contribution < -0.4 is 5.32 Å². The lowest BCUT2D eigenvalue weighted by atomic mass is 9.78. The molecule has 1 aromatic rings. The first-order chi connectivity index (χ1) is 9.24. The molecule has 0 heterocycles. The monoisotopic (exact) mass is 278 g/mol. The van der Waals surface area contributed by atoms with Gasteiger partial charge in [0.2, 0.25) is 0 Å². The minimum atomic E-state index is 0.725. The SMILES string of the molecule is CN(Cc1ccccc1Cl)C1CCC1CNC1CC1. The summed E-state index contributed by atoms with van der Waals surface area (Å²) in [5, 5.41) is 4.56. The largest absolute Gasteiger partial charge is 0.314 e. The van der Waals surface area contributed by atoms with Gasteiger partial charge in [-0.25, -0.2) is 0 Å². The van der Waals surface area contributed by atoms with E-state index in [0.717, 1.165) is 29.6 Å². The molecule has 2 aliphatic carbocycles. The number of hydrogen-bond acceptors (Lipinski definition) is 2. The number of rotatable bonds is 6. The lowest BCUT2D eigenvalue weighted by Gasteiger charge is -2.43. The molecule has 2 aliphatic rings. The molecule has 3 rings (SSSR count). The third kappa shape index (κ3) is 3.31. The molecule has 0 radical (unpaired) electrons. The quantitative estimate of drug-likeness (QED) is 0.859. The molecule has 2 nitrogen and oxygen atoms in total. The molecule has 0 aromatic heterocycles. The molecule has 3 heteroatoms. The third-order valence-electron chi connectivity index (χ3n) is 4.57. The lowest BCUT2D eigenvalue weighted by molar-refractivity contribution is 0.0778. The second kappa shape index (κ2) is 5.82. The summed E-state index contributed by atoms with van der Waals surface area (Å²) in [6.07, 6.45) is 5.47. The van der Waals surface area contributed by atoms with E-state index in [0.29, 0.717) is 0 Å². The summed E-state index contributed by atoms with van der Waals surface area (Å²) in [4.78, 5) is 2.48. The molecule has 0 bridgehead atoms. The van der Waals surface area contributed by atoms with Gasteiger partial charge in [0.25, 0.3) is 0 Å². The Morgan fingerprint density at radius 3 is 2.63 bits per heavy atom. The van der Waals surface area contributed by atoms with E-state index in [1.54, 1.807) is 0 Å². The van der Waals surface area contributed by atoms with Crippen LogP contribution in [0.15, 0.2) is 24.3 Å². The molecular weight excluding hydrogens is 256 g/mol. The average molecular weight is 279 g/mol. The highest BCUT2D eigenvalue weighted by atomic mass is 35.5. The third-order valence-corrected chi connectivity index (χ3v) is 4.94. The second-order valence-electron chi connectivity index (χ2n) is 6.09. The standard InChI is InChI=1S/C16H23ClN2/c1-19(11-13-4-2-3-5-15(13)17)16-9-6-12(16)10-18-14-7-8-14/h2-5,12,14,16,18H,6-11H2,1H3. The summed E-state index contributed by atoms with van der Waals surface area (Å²) >= 11 is 6.24. The lowest BCUT2D eigenvalue weighted by Crippen LogP contribution is -2.48. The van der Waals surface area contributed by atoms with Gasteiger partial charge in [0.1, 0.15) is 0 Å². The van der Waals surface area contributed by atoms with Crippen molar-refractivity contribution in [2.45, 2.75) is 44.3 Å². The molecular formula is C16H23ClN2. The van der Waals surface area contributed by atoms with Gasteiger partial charge in [0.15, 0.2) is 0 Å². The highest BCUT2D eigenvalue weighted by Gasteiger charge is 2.34. The fourth-order valence-electron chi connectivity index (χ4n) is 2.99. The van der Waals surface area contributed by atoms with Gasteiger partial charge < -0.3 is 5.32 Å². The molecule has 2 saturated carbocycles. The Labute approximate surface area is 121 Å². The molecule has 2 fully saturated rings. The minimum absolute atomic E-state index is 0.725. The van der Waals surface area contributed by atoms with Crippen molar-refractivity contribution in [3.05, 3.63) is 34.9 Å². The van der Waals surface area contributed by atoms with Crippen molar-refractivity contribution < 1.29 is 0 Å². The van der Waals surface area contributed by atoms with Crippen molar-refractivity contribution in [2.75, 3.05) is 13.6 Å². The van der Waals surface area contributed by atoms with Gasteiger partial charge >= 0.3 is 0 Å². The molecule has 1 N–H and O–H groups in total. The highest BCUT2D eigenvalue weighted by molar-refractivity contribution is 6.31. The zero-order chi connectivity index (χ0) is 13.2. The summed E-state index contributed by atoms with van der Waals surface area (Å²) in [5.74, 6) is 0.827. The maximum absolute atomic E-state index is 6.24. The number of hydrogen-bond donors (Lipinski definition) is 1. The molecule has 1 aromatic carbocycles. The first kappa shape index (κ1) is 13.4. The fourth-order valence-corrected chi connectivity index (χ4v) is 3.18. The van der Waals surface area contributed by atoms with Crippen LogP contribution in [0.4, 0.5) is 0 Å². The Morgan fingerprint density at radius 1 is 1.21 bits per heavy atom. The van der Waals surface area contributed by atoms with Crippen molar-refractivity contribution in [1.29, 1.82) is 0 Å². The van der Waals surface area contributed by atoms with Crippen LogP contribution in [0.1, 0.15) is 31.2 Å². The molecule has 2 atom stereocenters. The van der Waals surface area contributed by atoms with Crippen molar-refractivity contribution in [3.63, 3.8) is 0 Å². The van der Waals surface area contributed by atoms with Crippen LogP contribution in [-0.4, -0.2) is 30.6 Å². The minimum Gasteiger partial charge on any atom is -0.314 e. The summed E-state index contributed by atoms with van der Waals surface area (Å²) in [5.41, 5.74) is 1.24. The first-order valence-electron chi connectivity index (χ1n) is 7.41. The van der Waals surface area contributed by atoms with Gasteiger partial charge in [-0.3, -0.25) is 4.90 Å². The topological polar surface area (TPSA) is 15.3 Å². The molecule has 0 amide bonds. The second-order valence-corrected chi connectivity index (χ2v) is 6.50. The van der Waals surface area contributed by atoms with E-state index in [2.05, 4.69) is 29.4 Å². The summed E-state index contributed by atoms with van der Waals surface area (Å²) in [6.45, 7) is 2.16. The number of benzene rings is 1. The summed E-state index contributed by atoms with van der Waals surface area (Å²) < 4.78 is 0. The van der Waals surface area contributed by atoms with Gasteiger partial charge in [-0.1, -0.05) is 29.8 Å². The zero-order valence-corrected chi connectivity index (χ0v) is 12.4. The first-order valence-corrected chi connectivity index (χ1v) is 7.79. The molecule has 0 saturated heterocycles. The van der Waals surface area contributed by atoms with Crippen LogP contribution in [-0.2, 0) is 6.54 Å². The van der Waals surface area contributed by atoms with Crippen molar-refractivity contribution in [1.82, 2.24) is 10.2 Å². The van der Waals surface area contributed by atoms with Gasteiger partial charge in [-0.2, -0.15) is 0 Å². The van der Waals surface area contributed by atoms with Crippen LogP contribution in [0, 0.1) is 5.92 Å². The molecule has 0 aliphatic heterocycles. The maximum atomic E-state index is 6.24. The van der Waals surface area contributed by atoms with Crippen LogP contribution in [0.2, 0.25) is 5.02 Å². The average Bonchev–Trinajstić information content (AvgIpc) is 3.15. The van der Waals surface area contributed by atoms with Gasteiger partial charge in [-0.05, 0) is 56.8 Å². The van der Waals surface area contributed by atoms with E-state index in [4.69, 9.17) is 11.6 Å². The maximum Gasteiger partial charge on any atom is 0.0451 e. The number of nitrogens with zero attached hydrogens (tertiary/aromatic N) is 1. The van der Waals surface area contributed by atoms with Crippen LogP contribution in [0.25, 0.3) is 0 Å². The molecule has 104 valence electrons. The highest BCUT2D eigenvalue weighted by Crippen LogP contribution is 2.33. The predicted molar refractivity (Wildman–Crippen MR) is 80.5 cm³/mol. The summed E-state index contributed by atoms with van der Waals surface area (Å²) in [7, 11) is 2.23. The zero-order valence-electron chi connectivity index (χ0n) is 11.6. The normalized spacial score (nSPS) is 26.5. The van der Waals surface area contributed by atoms with Crippen molar-refractivity contribution in [3.8, 4) is 0 Å². The Kier molecular flexibility index (Phi) is 4.11. The van der Waals surface area contributed by atoms with Crippen LogP contribution in [0.5, 0.6) is 0 Å². The van der Waals surface area contributed by atoms with E-state index in [-0.39, 0.29) is 0 Å². The van der Waals surface area contributed by atoms with E-state index in [1.807, 2.05) is 12.1 Å². The predicted octanol–water partition coefficient (Wildman–Crippen LogP) is 3.30. The molecule has 19 heavy (non-hydrogen) atoms. The van der Waals surface area contributed by atoms with E-state index in [9.17, 15) is 0 Å². The van der Waals surface area contributed by atoms with Crippen LogP contribution >= 0.6 is 11.6 Å². The Balaban J connectivity index is 1.52. The Hall–Kier alpha value is -0.570. The smallest absolute Gasteiger partial charge is 0.0451 e. The van der Waals surface area contributed by atoms with Gasteiger partial charge in [0, 0.05) is 23.7 Å². The van der Waals surface area contributed by atoms with Gasteiger partial charge in [0.05, 0.1) is 0 Å². The Bertz CT molecular complexity index is 431. The van der Waals surface area contributed by atoms with E-state index >= 15 is 0 Å². The van der Waals surface area contributed by atoms with Crippen molar-refractivity contribution in [2.24, 2.45) is 5.92 Å². The fraction of sp³-hybridized carbons (Fsp3) is 0.625.